The van der Waals surface area contributed by atoms with Crippen LogP contribution in [0.15, 0.2) is 71.6 Å². The Morgan fingerprint density at radius 1 is 0.970 bits per heavy atom. The normalized spacial score (nSPS) is 13.3. The monoisotopic (exact) mass is 463 g/mol. The van der Waals surface area contributed by atoms with Crippen LogP contribution in [0.1, 0.15) is 16.7 Å². The van der Waals surface area contributed by atoms with Gasteiger partial charge in [0.25, 0.3) is 10.0 Å². The average Bonchev–Trinajstić information content (AvgIpc) is 2.78. The molecule has 1 N–H and O–H groups in total. The standard InChI is InChI=1S/C25H25N3O4S/c1-17-9-12-20(13-10-17)33(31,32)28(23-14-18(2)8-11-19(23)3)16-25(30)27-15-24(29)26-21-6-4-5-7-22(21)27/h4-14H,15-16H2,1-3H3,(H,26,29). The van der Waals surface area contributed by atoms with Crippen molar-refractivity contribution in [2.24, 2.45) is 0 Å². The summed E-state index contributed by atoms with van der Waals surface area (Å²) < 4.78 is 28.6. The van der Waals surface area contributed by atoms with Gasteiger partial charge in [0.1, 0.15) is 13.1 Å². The smallest absolute Gasteiger partial charge is 0.264 e. The molecule has 0 aromatic heterocycles. The molecule has 1 aliphatic rings. The number of aryl methyl sites for hydroxylation is 3. The minimum Gasteiger partial charge on any atom is -0.323 e. The van der Waals surface area contributed by atoms with E-state index in [0.29, 0.717) is 17.1 Å². The molecule has 3 aromatic rings. The number of hydrogen-bond acceptors (Lipinski definition) is 4. The van der Waals surface area contributed by atoms with E-state index in [1.54, 1.807) is 49.4 Å². The van der Waals surface area contributed by atoms with Crippen LogP contribution in [0.5, 0.6) is 0 Å². The lowest BCUT2D eigenvalue weighted by atomic mass is 10.1. The van der Waals surface area contributed by atoms with Crippen molar-refractivity contribution in [2.75, 3.05) is 27.6 Å². The Bertz CT molecular complexity index is 1330. The number of amides is 2. The Balaban J connectivity index is 1.78. The van der Waals surface area contributed by atoms with Gasteiger partial charge in [-0.05, 0) is 62.2 Å². The van der Waals surface area contributed by atoms with E-state index in [0.717, 1.165) is 21.0 Å². The van der Waals surface area contributed by atoms with Gasteiger partial charge in [0.05, 0.1) is 22.0 Å². The molecule has 0 unspecified atom stereocenters. The molecule has 7 nitrogen and oxygen atoms in total. The molecule has 0 fully saturated rings. The molecule has 0 atom stereocenters. The molecule has 2 amide bonds. The largest absolute Gasteiger partial charge is 0.323 e. The molecule has 0 saturated carbocycles. The third-order valence-corrected chi connectivity index (χ3v) is 7.37. The van der Waals surface area contributed by atoms with Crippen molar-refractivity contribution in [1.29, 1.82) is 0 Å². The third kappa shape index (κ3) is 4.47. The Morgan fingerprint density at radius 2 is 1.64 bits per heavy atom. The number of para-hydroxylation sites is 2. The van der Waals surface area contributed by atoms with Gasteiger partial charge < -0.3 is 5.32 Å². The van der Waals surface area contributed by atoms with Crippen LogP contribution in [-0.2, 0) is 19.6 Å². The van der Waals surface area contributed by atoms with Gasteiger partial charge in [0.15, 0.2) is 0 Å². The van der Waals surface area contributed by atoms with Gasteiger partial charge in [-0.25, -0.2) is 8.42 Å². The van der Waals surface area contributed by atoms with E-state index in [4.69, 9.17) is 0 Å². The maximum absolute atomic E-state index is 13.7. The number of benzene rings is 3. The van der Waals surface area contributed by atoms with Crippen LogP contribution in [0.4, 0.5) is 17.1 Å². The summed E-state index contributed by atoms with van der Waals surface area (Å²) in [5.41, 5.74) is 4.01. The van der Waals surface area contributed by atoms with Gasteiger partial charge in [0.2, 0.25) is 11.8 Å². The first-order chi connectivity index (χ1) is 15.7. The number of nitrogens with zero attached hydrogens (tertiary/aromatic N) is 2. The molecule has 33 heavy (non-hydrogen) atoms. The second-order valence-electron chi connectivity index (χ2n) is 8.16. The quantitative estimate of drug-likeness (QED) is 0.624. The molecule has 3 aromatic carbocycles. The van der Waals surface area contributed by atoms with Gasteiger partial charge in [-0.1, -0.05) is 42.0 Å². The lowest BCUT2D eigenvalue weighted by molar-refractivity contribution is -0.121. The molecular weight excluding hydrogens is 438 g/mol. The summed E-state index contributed by atoms with van der Waals surface area (Å²) >= 11 is 0. The summed E-state index contributed by atoms with van der Waals surface area (Å²) in [7, 11) is -4.05. The van der Waals surface area contributed by atoms with Crippen molar-refractivity contribution < 1.29 is 18.0 Å². The Labute approximate surface area is 193 Å². The molecule has 1 aliphatic heterocycles. The number of carbonyl (C=O) groups is 2. The van der Waals surface area contributed by atoms with Crippen molar-refractivity contribution in [1.82, 2.24) is 0 Å². The van der Waals surface area contributed by atoms with E-state index in [9.17, 15) is 18.0 Å². The van der Waals surface area contributed by atoms with Crippen molar-refractivity contribution in [2.45, 2.75) is 25.7 Å². The summed E-state index contributed by atoms with van der Waals surface area (Å²) in [6.07, 6.45) is 0. The maximum Gasteiger partial charge on any atom is 0.264 e. The van der Waals surface area contributed by atoms with E-state index in [2.05, 4.69) is 5.32 Å². The molecule has 170 valence electrons. The van der Waals surface area contributed by atoms with Crippen molar-refractivity contribution >= 4 is 38.9 Å². The highest BCUT2D eigenvalue weighted by molar-refractivity contribution is 7.92. The van der Waals surface area contributed by atoms with E-state index >= 15 is 0 Å². The zero-order chi connectivity index (χ0) is 23.8. The van der Waals surface area contributed by atoms with Gasteiger partial charge in [-0.2, -0.15) is 0 Å². The zero-order valence-corrected chi connectivity index (χ0v) is 19.5. The number of carbonyl (C=O) groups excluding carboxylic acids is 2. The SMILES string of the molecule is Cc1ccc(S(=O)(=O)N(CC(=O)N2CC(=O)Nc3ccccc32)c2cc(C)ccc2C)cc1. The molecule has 0 bridgehead atoms. The summed E-state index contributed by atoms with van der Waals surface area (Å²) in [6.45, 7) is 4.93. The first-order valence-electron chi connectivity index (χ1n) is 10.5. The van der Waals surface area contributed by atoms with Crippen LogP contribution < -0.4 is 14.5 Å². The van der Waals surface area contributed by atoms with Crippen LogP contribution in [0, 0.1) is 20.8 Å². The predicted molar refractivity (Wildman–Crippen MR) is 129 cm³/mol. The predicted octanol–water partition coefficient (Wildman–Crippen LogP) is 3.79. The number of anilines is 3. The van der Waals surface area contributed by atoms with E-state index in [-0.39, 0.29) is 17.3 Å². The van der Waals surface area contributed by atoms with E-state index in [1.807, 2.05) is 26.0 Å². The fourth-order valence-electron chi connectivity index (χ4n) is 3.79. The zero-order valence-electron chi connectivity index (χ0n) is 18.7. The van der Waals surface area contributed by atoms with E-state index < -0.39 is 22.5 Å². The summed E-state index contributed by atoms with van der Waals surface area (Å²) in [5.74, 6) is -0.823. The summed E-state index contributed by atoms with van der Waals surface area (Å²) in [6, 6.07) is 19.0. The molecule has 0 spiro atoms. The van der Waals surface area contributed by atoms with Crippen LogP contribution >= 0.6 is 0 Å². The molecule has 4 rings (SSSR count). The van der Waals surface area contributed by atoms with Crippen LogP contribution in [0.3, 0.4) is 0 Å². The van der Waals surface area contributed by atoms with Crippen LogP contribution in [0.25, 0.3) is 0 Å². The first-order valence-corrected chi connectivity index (χ1v) is 12.0. The molecular formula is C25H25N3O4S. The number of sulfonamides is 1. The van der Waals surface area contributed by atoms with Crippen molar-refractivity contribution in [3.8, 4) is 0 Å². The average molecular weight is 464 g/mol. The molecule has 0 radical (unpaired) electrons. The number of nitrogens with one attached hydrogen (secondary N) is 1. The lowest BCUT2D eigenvalue weighted by Crippen LogP contribution is -2.48. The number of fused-ring (bicyclic) bond motifs is 1. The fraction of sp³-hybridized carbons (Fsp3) is 0.200. The van der Waals surface area contributed by atoms with Gasteiger partial charge in [0, 0.05) is 0 Å². The minimum atomic E-state index is -4.05. The highest BCUT2D eigenvalue weighted by Crippen LogP contribution is 2.31. The first kappa shape index (κ1) is 22.5. The molecule has 1 heterocycles. The minimum absolute atomic E-state index is 0.0959. The Morgan fingerprint density at radius 3 is 2.36 bits per heavy atom. The summed E-state index contributed by atoms with van der Waals surface area (Å²) in [5, 5.41) is 2.74. The van der Waals surface area contributed by atoms with Crippen LogP contribution in [0.2, 0.25) is 0 Å². The molecule has 0 aliphatic carbocycles. The molecule has 0 saturated heterocycles. The van der Waals surface area contributed by atoms with Gasteiger partial charge in [-0.15, -0.1) is 0 Å². The topological polar surface area (TPSA) is 86.8 Å². The maximum atomic E-state index is 13.7. The Kier molecular flexibility index (Phi) is 5.95. The second kappa shape index (κ2) is 8.71. The highest BCUT2D eigenvalue weighted by atomic mass is 32.2. The number of rotatable bonds is 5. The van der Waals surface area contributed by atoms with Crippen molar-refractivity contribution in [3.63, 3.8) is 0 Å². The Hall–Kier alpha value is -3.65. The number of hydrogen-bond donors (Lipinski definition) is 1. The van der Waals surface area contributed by atoms with E-state index in [1.165, 1.54) is 17.0 Å². The molecule has 8 heteroatoms. The van der Waals surface area contributed by atoms with Gasteiger partial charge in [-0.3, -0.25) is 18.8 Å². The highest BCUT2D eigenvalue weighted by Gasteiger charge is 2.33. The fourth-order valence-corrected chi connectivity index (χ4v) is 5.26. The van der Waals surface area contributed by atoms with Crippen LogP contribution in [-0.4, -0.2) is 33.3 Å². The second-order valence-corrected chi connectivity index (χ2v) is 10.0. The summed E-state index contributed by atoms with van der Waals surface area (Å²) in [4.78, 5) is 27.1. The third-order valence-electron chi connectivity index (χ3n) is 5.59. The van der Waals surface area contributed by atoms with Gasteiger partial charge >= 0.3 is 0 Å². The van der Waals surface area contributed by atoms with Crippen molar-refractivity contribution in [3.05, 3.63) is 83.4 Å². The lowest BCUT2D eigenvalue weighted by Gasteiger charge is -2.32.